The lowest BCUT2D eigenvalue weighted by molar-refractivity contribution is -0.167. The molecule has 2 heterocycles. The molecule has 0 aliphatic heterocycles. The van der Waals surface area contributed by atoms with Crippen molar-refractivity contribution in [3.8, 4) is 34.0 Å². The number of aliphatic imine (C=N–C) groups is 2. The zero-order chi connectivity index (χ0) is 59.7. The van der Waals surface area contributed by atoms with Gasteiger partial charge in [0, 0.05) is 43.8 Å². The summed E-state index contributed by atoms with van der Waals surface area (Å²) in [6.07, 6.45) is 1.34. The highest BCUT2D eigenvalue weighted by Gasteiger charge is 2.68. The van der Waals surface area contributed by atoms with Crippen LogP contribution in [0.4, 0.5) is 5.00 Å². The molecule has 18 heteroatoms. The second-order valence-corrected chi connectivity index (χ2v) is 21.8. The van der Waals surface area contributed by atoms with Crippen LogP contribution in [-0.4, -0.2) is 46.9 Å². The molecule has 0 unspecified atom stereocenters. The smallest absolute Gasteiger partial charge is 0.334 e. The van der Waals surface area contributed by atoms with E-state index < -0.39 is 95.3 Å². The van der Waals surface area contributed by atoms with Gasteiger partial charge < -0.3 is 18.9 Å². The molecule has 0 fully saturated rings. The lowest BCUT2D eigenvalue weighted by Gasteiger charge is -2.32. The zero-order valence-electron chi connectivity index (χ0n) is 44.7. The van der Waals surface area contributed by atoms with Gasteiger partial charge in [-0.2, -0.15) is 21.0 Å². The maximum Gasteiger partial charge on any atom is 0.334 e. The molecule has 0 N–H and O–H groups in total. The first kappa shape index (κ1) is 55.0. The number of ether oxygens (including phenoxy) is 4. The van der Waals surface area contributed by atoms with Crippen LogP contribution in [0.15, 0.2) is 203 Å². The summed E-state index contributed by atoms with van der Waals surface area (Å²) < 4.78 is 25.0. The number of rotatable bonds is 14. The number of fused-ring (bicyclic) bond motifs is 7. The van der Waals surface area contributed by atoms with Crippen molar-refractivity contribution in [2.45, 2.75) is 37.3 Å². The van der Waals surface area contributed by atoms with Gasteiger partial charge in [0.25, 0.3) is 0 Å². The van der Waals surface area contributed by atoms with E-state index in [9.17, 15) is 30.6 Å². The van der Waals surface area contributed by atoms with E-state index in [0.29, 0.717) is 27.8 Å². The fourth-order valence-corrected chi connectivity index (χ4v) is 13.6. The van der Waals surface area contributed by atoms with E-state index in [1.165, 1.54) is 30.3 Å². The van der Waals surface area contributed by atoms with Gasteiger partial charge in [0.15, 0.2) is 0 Å². The normalized spacial score (nSPS) is 15.1. The third-order valence-electron chi connectivity index (χ3n) is 14.9. The lowest BCUT2D eigenvalue weighted by Crippen LogP contribution is -2.51. The van der Waals surface area contributed by atoms with Crippen molar-refractivity contribution in [2.24, 2.45) is 9.98 Å². The van der Waals surface area contributed by atoms with Crippen LogP contribution in [0.25, 0.3) is 27.0 Å². The molecule has 0 bridgehead atoms. The molecule has 6 aromatic carbocycles. The molecular weight excluding hydrogens is 1120 g/mol. The topological polar surface area (TPSA) is 259 Å². The van der Waals surface area contributed by atoms with Crippen molar-refractivity contribution in [3.63, 3.8) is 0 Å². The molecule has 0 amide bonds. The first-order chi connectivity index (χ1) is 42.0. The zero-order valence-corrected chi connectivity index (χ0v) is 46.4. The number of carbonyl (C=O) groups excluding carboxylic acids is 6. The van der Waals surface area contributed by atoms with Crippen molar-refractivity contribution in [2.75, 3.05) is 0 Å². The number of ketones is 2. The summed E-state index contributed by atoms with van der Waals surface area (Å²) in [5, 5.41) is 41.2. The number of Topliss-reactive ketones (excluding diaryl/α,β-unsaturated/α-hetero) is 2. The highest BCUT2D eigenvalue weighted by Crippen LogP contribution is 2.65. The van der Waals surface area contributed by atoms with Crippen LogP contribution in [0.5, 0.6) is 0 Å². The molecule has 0 atom stereocenters. The van der Waals surface area contributed by atoms with Gasteiger partial charge >= 0.3 is 23.9 Å². The summed E-state index contributed by atoms with van der Waals surface area (Å²) in [4.78, 5) is 104. The molecule has 2 aromatic heterocycles. The lowest BCUT2D eigenvalue weighted by atomic mass is 9.70. The molecule has 86 heavy (non-hydrogen) atoms. The van der Waals surface area contributed by atoms with Gasteiger partial charge in [0.1, 0.15) is 78.3 Å². The van der Waals surface area contributed by atoms with E-state index in [1.807, 2.05) is 24.3 Å². The maximum atomic E-state index is 16.2. The van der Waals surface area contributed by atoms with Crippen LogP contribution in [-0.2, 0) is 75.4 Å². The Balaban J connectivity index is 1.16. The molecule has 0 spiro atoms. The van der Waals surface area contributed by atoms with Gasteiger partial charge in [0.05, 0.1) is 15.5 Å². The minimum absolute atomic E-state index is 0.0250. The molecule has 4 aliphatic rings. The molecule has 0 radical (unpaired) electrons. The number of esters is 4. The van der Waals surface area contributed by atoms with Crippen molar-refractivity contribution < 1.29 is 47.7 Å². The van der Waals surface area contributed by atoms with Crippen LogP contribution in [0, 0.1) is 45.3 Å². The Bertz CT molecular complexity index is 4440. The number of benzene rings is 6. The number of allylic oxidation sites excluding steroid dienone is 4. The minimum Gasteiger partial charge on any atom is -0.459 e. The van der Waals surface area contributed by atoms with Crippen LogP contribution >= 0.6 is 22.7 Å². The van der Waals surface area contributed by atoms with Crippen LogP contribution in [0.3, 0.4) is 0 Å². The third kappa shape index (κ3) is 9.03. The van der Waals surface area contributed by atoms with E-state index in [0.717, 1.165) is 22.7 Å². The Morgan fingerprint density at radius 2 is 0.791 bits per heavy atom. The Morgan fingerprint density at radius 3 is 1.19 bits per heavy atom. The van der Waals surface area contributed by atoms with E-state index in [4.69, 9.17) is 28.9 Å². The molecule has 4 aliphatic carbocycles. The molecule has 16 nitrogen and oxygen atoms in total. The SMILES string of the molecule is N#CC(C#N)=C1/C(=N/C2=Cc3sc4c(c3C2(C(=O)OCc2ccccc2)C(=O)OCc2ccccc2)C(C(=O)OCc2ccccc2)(C(=O)OCc2ccccc2)c2cc(/N=C3\C(=O)c5ccccc5C3=C(C#N)C#N)sc2-4)C(=O)c2ccccc21. The molecule has 8 aromatic rings. The van der Waals surface area contributed by atoms with Gasteiger partial charge in [-0.1, -0.05) is 170 Å². The number of hydrogen-bond acceptors (Lipinski definition) is 18. The van der Waals surface area contributed by atoms with Crippen molar-refractivity contribution in [1.82, 2.24) is 0 Å². The average Bonchev–Trinajstić information content (AvgIpc) is 1.52. The van der Waals surface area contributed by atoms with Crippen LogP contribution in [0.2, 0.25) is 0 Å². The van der Waals surface area contributed by atoms with Gasteiger partial charge in [-0.05, 0) is 45.5 Å². The molecule has 0 saturated carbocycles. The van der Waals surface area contributed by atoms with E-state index >= 15 is 19.2 Å². The number of nitriles is 4. The quantitative estimate of drug-likeness (QED) is 0.0424. The predicted octanol–water partition coefficient (Wildman–Crippen LogP) is 11.6. The number of nitrogens with zero attached hydrogens (tertiary/aromatic N) is 6. The molecule has 12 rings (SSSR count). The Kier molecular flexibility index (Phi) is 14.5. The number of thiophene rings is 2. The largest absolute Gasteiger partial charge is 0.459 e. The van der Waals surface area contributed by atoms with Crippen LogP contribution in [0.1, 0.15) is 75.7 Å². The molecule has 0 saturated heterocycles. The monoisotopic (exact) mass is 1160 g/mol. The summed E-state index contributed by atoms with van der Waals surface area (Å²) in [5.74, 6) is -6.48. The van der Waals surface area contributed by atoms with Gasteiger partial charge in [-0.3, -0.25) is 28.8 Å². The van der Waals surface area contributed by atoms with E-state index in [1.54, 1.807) is 152 Å². The second-order valence-electron chi connectivity index (χ2n) is 19.8. The Morgan fingerprint density at radius 1 is 0.430 bits per heavy atom. The van der Waals surface area contributed by atoms with Crippen molar-refractivity contribution >= 4 is 91.8 Å². The fraction of sp³-hybridized carbons (Fsp3) is 0.0882. The summed E-state index contributed by atoms with van der Waals surface area (Å²) in [5.41, 5.74) is -6.09. The first-order valence-electron chi connectivity index (χ1n) is 26.4. The Labute approximate surface area is 498 Å². The highest BCUT2D eigenvalue weighted by molar-refractivity contribution is 7.25. The van der Waals surface area contributed by atoms with E-state index in [2.05, 4.69) is 0 Å². The van der Waals surface area contributed by atoms with Gasteiger partial charge in [0.2, 0.25) is 22.4 Å². The third-order valence-corrected chi connectivity index (χ3v) is 17.3. The number of carbonyl (C=O) groups is 6. The maximum absolute atomic E-state index is 16.2. The van der Waals surface area contributed by atoms with Crippen molar-refractivity contribution in [1.29, 1.82) is 21.0 Å². The summed E-state index contributed by atoms with van der Waals surface area (Å²) >= 11 is 1.85. The number of hydrogen-bond donors (Lipinski definition) is 0. The van der Waals surface area contributed by atoms with E-state index in [-0.39, 0.29) is 69.9 Å². The highest BCUT2D eigenvalue weighted by atomic mass is 32.1. The van der Waals surface area contributed by atoms with Crippen LogP contribution < -0.4 is 0 Å². The molecule has 412 valence electrons. The average molecular weight is 1160 g/mol. The summed E-state index contributed by atoms with van der Waals surface area (Å²) in [7, 11) is 0. The minimum atomic E-state index is -2.97. The second kappa shape index (κ2) is 22.7. The summed E-state index contributed by atoms with van der Waals surface area (Å²) in [6, 6.07) is 55.7. The Hall–Kier alpha value is -11.5. The molecular formula is C68H38N6O10S2. The van der Waals surface area contributed by atoms with Gasteiger partial charge in [-0.15, -0.1) is 22.7 Å². The van der Waals surface area contributed by atoms with Crippen molar-refractivity contribution in [3.05, 3.63) is 259 Å². The summed E-state index contributed by atoms with van der Waals surface area (Å²) in [6.45, 7) is -1.71. The standard InChI is InChI=1S/C68H38N6O10S2/c69-31-43(32-70)53-45-25-13-15-27-47(45)59(75)57(53)73-51-30-50-55(68(51,65(79)83-37-41-21-9-3-10-22-41)66(80)84-38-42-23-11-4-12-24-42)56-62(85-50)61-49(29-52(86-61)74-58-54(44(33-71)34-72)46-26-14-16-28-48(46)60(58)76)67(56,63(77)81-35-39-17-5-1-6-18-39)64(78)82-36-40-19-7-2-8-20-40/h1-30H,35-38H2/b73-57-,74-58-. The van der Waals surface area contributed by atoms with Gasteiger partial charge in [-0.25, -0.2) is 9.98 Å². The first-order valence-corrected chi connectivity index (χ1v) is 28.1. The fourth-order valence-electron chi connectivity index (χ4n) is 11.0. The predicted molar refractivity (Wildman–Crippen MR) is 315 cm³/mol.